The molecule has 1 aromatic heterocycles. The van der Waals surface area contributed by atoms with Crippen LogP contribution in [0.3, 0.4) is 0 Å². The molecule has 0 spiro atoms. The van der Waals surface area contributed by atoms with E-state index in [2.05, 4.69) is 0 Å². The van der Waals surface area contributed by atoms with Crippen molar-refractivity contribution in [3.8, 4) is 0 Å². The van der Waals surface area contributed by atoms with E-state index in [4.69, 9.17) is 9.72 Å². The first-order chi connectivity index (χ1) is 11.7. The molecule has 1 fully saturated rings. The van der Waals surface area contributed by atoms with Crippen LogP contribution in [0.4, 0.5) is 0 Å². The van der Waals surface area contributed by atoms with Gasteiger partial charge in [-0.2, -0.15) is 0 Å². The molecule has 2 aliphatic heterocycles. The van der Waals surface area contributed by atoms with Gasteiger partial charge >= 0.3 is 0 Å². The predicted molar refractivity (Wildman–Crippen MR) is 89.9 cm³/mol. The van der Waals surface area contributed by atoms with Gasteiger partial charge < -0.3 is 9.64 Å². The molecule has 2 aliphatic rings. The van der Waals surface area contributed by atoms with Crippen molar-refractivity contribution in [2.75, 3.05) is 13.7 Å². The summed E-state index contributed by atoms with van der Waals surface area (Å²) >= 11 is 0. The second kappa shape index (κ2) is 6.02. The number of nitrogens with zero attached hydrogens (tertiary/aromatic N) is 3. The summed E-state index contributed by atoms with van der Waals surface area (Å²) < 4.78 is 6.82. The zero-order valence-corrected chi connectivity index (χ0v) is 13.8. The molecule has 0 aliphatic carbocycles. The van der Waals surface area contributed by atoms with Gasteiger partial charge in [0.15, 0.2) is 0 Å². The fourth-order valence-corrected chi connectivity index (χ4v) is 4.05. The normalized spacial score (nSPS) is 22.5. The van der Waals surface area contributed by atoms with Gasteiger partial charge in [0, 0.05) is 26.1 Å². The molecule has 3 heterocycles. The van der Waals surface area contributed by atoms with E-state index < -0.39 is 0 Å². The number of rotatable bonds is 3. The number of para-hydroxylation sites is 1. The Kier molecular flexibility index (Phi) is 3.84. The Morgan fingerprint density at radius 3 is 2.92 bits per heavy atom. The third-order valence-electron chi connectivity index (χ3n) is 5.18. The highest BCUT2D eigenvalue weighted by Gasteiger charge is 2.40. The van der Waals surface area contributed by atoms with Gasteiger partial charge in [0.1, 0.15) is 5.82 Å². The van der Waals surface area contributed by atoms with Crippen LogP contribution in [-0.4, -0.2) is 46.2 Å². The molecule has 1 saturated heterocycles. The van der Waals surface area contributed by atoms with E-state index in [0.29, 0.717) is 31.4 Å². The topological polar surface area (TPSA) is 64.4 Å². The molecule has 0 unspecified atom stereocenters. The maximum absolute atomic E-state index is 12.9. The number of fused-ring (bicyclic) bond motifs is 4. The SMILES string of the molecule is COCCC(=O)N1[C@H]2CC[C@H]1Cn1c(nc3ccccc3c1=O)C2. The van der Waals surface area contributed by atoms with Gasteiger partial charge in [-0.05, 0) is 25.0 Å². The Balaban J connectivity index is 1.73. The molecule has 2 bridgehead atoms. The molecule has 0 radical (unpaired) electrons. The van der Waals surface area contributed by atoms with Crippen molar-refractivity contribution in [1.82, 2.24) is 14.5 Å². The molecule has 1 amide bonds. The number of hydrogen-bond donors (Lipinski definition) is 0. The fraction of sp³-hybridized carbons (Fsp3) is 0.500. The average Bonchev–Trinajstić information content (AvgIpc) is 2.89. The van der Waals surface area contributed by atoms with Crippen molar-refractivity contribution < 1.29 is 9.53 Å². The minimum absolute atomic E-state index is 0.00689. The van der Waals surface area contributed by atoms with E-state index in [9.17, 15) is 9.59 Å². The number of methoxy groups -OCH3 is 1. The molecular weight excluding hydrogens is 306 g/mol. The maximum atomic E-state index is 12.9. The lowest BCUT2D eigenvalue weighted by molar-refractivity contribution is -0.135. The summed E-state index contributed by atoms with van der Waals surface area (Å²) in [5.41, 5.74) is 0.747. The second-order valence-corrected chi connectivity index (χ2v) is 6.59. The number of carbonyl (C=O) groups is 1. The highest BCUT2D eigenvalue weighted by molar-refractivity contribution is 5.78. The van der Waals surface area contributed by atoms with Gasteiger partial charge in [-0.15, -0.1) is 0 Å². The van der Waals surface area contributed by atoms with Gasteiger partial charge in [0.25, 0.3) is 5.56 Å². The summed E-state index contributed by atoms with van der Waals surface area (Å²) in [5, 5.41) is 0.649. The minimum Gasteiger partial charge on any atom is -0.384 e. The van der Waals surface area contributed by atoms with Gasteiger partial charge in [-0.3, -0.25) is 14.2 Å². The van der Waals surface area contributed by atoms with Crippen LogP contribution in [0, 0.1) is 0 Å². The summed E-state index contributed by atoms with van der Waals surface area (Å²) in [6.07, 6.45) is 2.97. The monoisotopic (exact) mass is 327 g/mol. The van der Waals surface area contributed by atoms with Crippen LogP contribution in [0.15, 0.2) is 29.1 Å². The van der Waals surface area contributed by atoms with E-state index in [1.54, 1.807) is 11.7 Å². The molecule has 2 atom stereocenters. The first-order valence-electron chi connectivity index (χ1n) is 8.47. The number of amides is 1. The number of hydrogen-bond acceptors (Lipinski definition) is 4. The van der Waals surface area contributed by atoms with Gasteiger partial charge in [0.2, 0.25) is 5.91 Å². The van der Waals surface area contributed by atoms with E-state index in [-0.39, 0.29) is 23.6 Å². The first-order valence-corrected chi connectivity index (χ1v) is 8.47. The standard InChI is InChI=1S/C18H21N3O3/c1-24-9-8-17(22)21-12-6-7-13(21)11-20-16(10-12)19-15-5-3-2-4-14(15)18(20)23/h2-5,12-13H,6-11H2,1H3/t12-,13-/m0/s1. The molecule has 6 nitrogen and oxygen atoms in total. The summed E-state index contributed by atoms with van der Waals surface area (Å²) in [4.78, 5) is 32.1. The minimum atomic E-state index is 0.00689. The van der Waals surface area contributed by atoms with E-state index in [0.717, 1.165) is 24.2 Å². The van der Waals surface area contributed by atoms with Crippen molar-refractivity contribution >= 4 is 16.8 Å². The lowest BCUT2D eigenvalue weighted by Gasteiger charge is -2.27. The zero-order chi connectivity index (χ0) is 16.7. The van der Waals surface area contributed by atoms with E-state index >= 15 is 0 Å². The van der Waals surface area contributed by atoms with Gasteiger partial charge in [0.05, 0.1) is 30.0 Å². The van der Waals surface area contributed by atoms with Crippen LogP contribution < -0.4 is 5.56 Å². The van der Waals surface area contributed by atoms with Crippen LogP contribution in [0.25, 0.3) is 10.9 Å². The zero-order valence-electron chi connectivity index (χ0n) is 13.8. The lowest BCUT2D eigenvalue weighted by Crippen LogP contribution is -2.42. The first kappa shape index (κ1) is 15.3. The molecule has 4 rings (SSSR count). The van der Waals surface area contributed by atoms with Crippen molar-refractivity contribution in [2.45, 2.75) is 44.3 Å². The summed E-state index contributed by atoms with van der Waals surface area (Å²) in [6.45, 7) is 0.977. The fourth-order valence-electron chi connectivity index (χ4n) is 4.05. The quantitative estimate of drug-likeness (QED) is 0.853. The molecule has 0 saturated carbocycles. The highest BCUT2D eigenvalue weighted by atomic mass is 16.5. The van der Waals surface area contributed by atoms with Crippen LogP contribution in [0.1, 0.15) is 25.1 Å². The Bertz CT molecular complexity index is 845. The summed E-state index contributed by atoms with van der Waals surface area (Å²) in [5.74, 6) is 0.921. The summed E-state index contributed by atoms with van der Waals surface area (Å²) in [6, 6.07) is 7.68. The van der Waals surface area contributed by atoms with Crippen LogP contribution in [-0.2, 0) is 22.5 Å². The van der Waals surface area contributed by atoms with Gasteiger partial charge in [-0.25, -0.2) is 4.98 Å². The third-order valence-corrected chi connectivity index (χ3v) is 5.18. The average molecular weight is 327 g/mol. The van der Waals surface area contributed by atoms with Crippen LogP contribution in [0.2, 0.25) is 0 Å². The van der Waals surface area contributed by atoms with Crippen LogP contribution in [0.5, 0.6) is 0 Å². The molecule has 2 aromatic rings. The van der Waals surface area contributed by atoms with Crippen molar-refractivity contribution in [2.24, 2.45) is 0 Å². The van der Waals surface area contributed by atoms with E-state index in [1.165, 1.54) is 0 Å². The Hall–Kier alpha value is -2.21. The molecule has 126 valence electrons. The number of ether oxygens (including phenoxy) is 1. The second-order valence-electron chi connectivity index (χ2n) is 6.59. The Labute approximate surface area is 140 Å². The molecular formula is C18H21N3O3. The lowest BCUT2D eigenvalue weighted by atomic mass is 10.1. The molecule has 0 N–H and O–H groups in total. The van der Waals surface area contributed by atoms with E-state index in [1.807, 2.05) is 29.2 Å². The Morgan fingerprint density at radius 2 is 2.08 bits per heavy atom. The van der Waals surface area contributed by atoms with Gasteiger partial charge in [-0.1, -0.05) is 12.1 Å². The third kappa shape index (κ3) is 2.41. The van der Waals surface area contributed by atoms with Crippen molar-refractivity contribution in [3.63, 3.8) is 0 Å². The Morgan fingerprint density at radius 1 is 1.29 bits per heavy atom. The van der Waals surface area contributed by atoms with Crippen molar-refractivity contribution in [1.29, 1.82) is 0 Å². The number of benzene rings is 1. The maximum Gasteiger partial charge on any atom is 0.261 e. The smallest absolute Gasteiger partial charge is 0.261 e. The number of aromatic nitrogens is 2. The molecule has 24 heavy (non-hydrogen) atoms. The number of carbonyl (C=O) groups excluding carboxylic acids is 1. The molecule has 1 aromatic carbocycles. The van der Waals surface area contributed by atoms with Crippen molar-refractivity contribution in [3.05, 3.63) is 40.4 Å². The summed E-state index contributed by atoms with van der Waals surface area (Å²) in [7, 11) is 1.61. The van der Waals surface area contributed by atoms with Crippen LogP contribution >= 0.6 is 0 Å². The highest BCUT2D eigenvalue weighted by Crippen LogP contribution is 2.31. The largest absolute Gasteiger partial charge is 0.384 e. The molecule has 6 heteroatoms. The predicted octanol–water partition coefficient (Wildman–Crippen LogP) is 1.35.